The number of hydrogen-bond acceptors (Lipinski definition) is 3. The van der Waals surface area contributed by atoms with Crippen LogP contribution in [0.15, 0.2) is 24.3 Å². The van der Waals surface area contributed by atoms with E-state index >= 15 is 0 Å². The van der Waals surface area contributed by atoms with Gasteiger partial charge in [0.05, 0.1) is 0 Å². The first-order valence-electron chi connectivity index (χ1n) is 6.95. The Morgan fingerprint density at radius 2 is 1.86 bits per heavy atom. The average Bonchev–Trinajstić information content (AvgIpc) is 2.38. The number of amides is 1. The lowest BCUT2D eigenvalue weighted by Gasteiger charge is -2.24. The molecule has 0 saturated carbocycles. The van der Waals surface area contributed by atoms with Crippen molar-refractivity contribution >= 4 is 11.9 Å². The Morgan fingerprint density at radius 1 is 1.24 bits per heavy atom. The molecule has 0 spiro atoms. The molecule has 1 unspecified atom stereocenters. The molecule has 1 atom stereocenters. The highest BCUT2D eigenvalue weighted by Crippen LogP contribution is 2.21. The van der Waals surface area contributed by atoms with Crippen molar-refractivity contribution in [2.75, 3.05) is 0 Å². The van der Waals surface area contributed by atoms with Gasteiger partial charge in [-0.15, -0.1) is 0 Å². The van der Waals surface area contributed by atoms with Crippen LogP contribution < -0.4 is 10.1 Å². The SMILES string of the molecule is CC(Oc1cccc(C(C)C)c1)C(=O)NC(C)(C)C(=O)O. The second-order valence-electron chi connectivity index (χ2n) is 5.91. The molecule has 1 rings (SSSR count). The molecule has 0 bridgehead atoms. The first kappa shape index (κ1) is 17.0. The van der Waals surface area contributed by atoms with Gasteiger partial charge in [0, 0.05) is 0 Å². The van der Waals surface area contributed by atoms with Crippen LogP contribution >= 0.6 is 0 Å². The van der Waals surface area contributed by atoms with Gasteiger partial charge in [0.2, 0.25) is 0 Å². The molecular weight excluding hydrogens is 270 g/mol. The van der Waals surface area contributed by atoms with E-state index in [9.17, 15) is 9.59 Å². The maximum atomic E-state index is 12.0. The zero-order valence-corrected chi connectivity index (χ0v) is 13.1. The molecule has 1 aromatic carbocycles. The summed E-state index contributed by atoms with van der Waals surface area (Å²) in [5.41, 5.74) is -0.208. The van der Waals surface area contributed by atoms with Crippen molar-refractivity contribution in [1.29, 1.82) is 0 Å². The summed E-state index contributed by atoms with van der Waals surface area (Å²) in [5.74, 6) is -0.595. The Labute approximate surface area is 125 Å². The predicted octanol–water partition coefficient (Wildman–Crippen LogP) is 2.56. The average molecular weight is 293 g/mol. The van der Waals surface area contributed by atoms with Gasteiger partial charge in [-0.3, -0.25) is 4.79 Å². The standard InChI is InChI=1S/C16H23NO4/c1-10(2)12-7-6-8-13(9-12)21-11(3)14(18)17-16(4,5)15(19)20/h6-11H,1-5H3,(H,17,18)(H,19,20). The summed E-state index contributed by atoms with van der Waals surface area (Å²) >= 11 is 0. The molecule has 0 saturated heterocycles. The van der Waals surface area contributed by atoms with Crippen LogP contribution in [0.4, 0.5) is 0 Å². The molecule has 5 heteroatoms. The first-order chi connectivity index (χ1) is 9.63. The van der Waals surface area contributed by atoms with Crippen LogP contribution in [0.3, 0.4) is 0 Å². The minimum absolute atomic E-state index is 0.364. The number of rotatable bonds is 6. The smallest absolute Gasteiger partial charge is 0.328 e. The molecule has 2 N–H and O–H groups in total. The van der Waals surface area contributed by atoms with E-state index < -0.39 is 23.5 Å². The molecule has 0 fully saturated rings. The molecule has 0 heterocycles. The number of carboxylic acid groups (broad SMARTS) is 1. The molecule has 1 amide bonds. The topological polar surface area (TPSA) is 75.6 Å². The zero-order chi connectivity index (χ0) is 16.2. The fourth-order valence-electron chi connectivity index (χ4n) is 1.67. The van der Waals surface area contributed by atoms with E-state index in [-0.39, 0.29) is 0 Å². The van der Waals surface area contributed by atoms with Gasteiger partial charge in [0.25, 0.3) is 5.91 Å². The normalized spacial score (nSPS) is 12.9. The fourth-order valence-corrected chi connectivity index (χ4v) is 1.67. The van der Waals surface area contributed by atoms with Crippen LogP contribution in [-0.4, -0.2) is 28.6 Å². The van der Waals surface area contributed by atoms with Crippen LogP contribution in [-0.2, 0) is 9.59 Å². The summed E-state index contributed by atoms with van der Waals surface area (Å²) in [6, 6.07) is 7.53. The number of hydrogen-bond donors (Lipinski definition) is 2. The predicted molar refractivity (Wildman–Crippen MR) is 80.5 cm³/mol. The number of benzene rings is 1. The maximum Gasteiger partial charge on any atom is 0.328 e. The van der Waals surface area contributed by atoms with Crippen LogP contribution in [0.2, 0.25) is 0 Å². The van der Waals surface area contributed by atoms with Gasteiger partial charge in [-0.05, 0) is 44.4 Å². The summed E-state index contributed by atoms with van der Waals surface area (Å²) in [5, 5.41) is 11.5. The minimum atomic E-state index is -1.32. The highest BCUT2D eigenvalue weighted by molar-refractivity contribution is 5.88. The molecule has 5 nitrogen and oxygen atoms in total. The Bertz CT molecular complexity index is 523. The molecule has 0 aliphatic rings. The molecule has 0 radical (unpaired) electrons. The Hall–Kier alpha value is -2.04. The van der Waals surface area contributed by atoms with Crippen LogP contribution in [0.25, 0.3) is 0 Å². The van der Waals surface area contributed by atoms with Crippen molar-refractivity contribution in [3.8, 4) is 5.75 Å². The minimum Gasteiger partial charge on any atom is -0.481 e. The molecule has 21 heavy (non-hydrogen) atoms. The monoisotopic (exact) mass is 293 g/mol. The van der Waals surface area contributed by atoms with E-state index in [0.29, 0.717) is 11.7 Å². The number of carbonyl (C=O) groups excluding carboxylic acids is 1. The van der Waals surface area contributed by atoms with E-state index in [4.69, 9.17) is 9.84 Å². The molecule has 0 aromatic heterocycles. The third-order valence-corrected chi connectivity index (χ3v) is 3.18. The summed E-state index contributed by atoms with van der Waals surface area (Å²) in [6.07, 6.45) is -0.772. The largest absolute Gasteiger partial charge is 0.481 e. The van der Waals surface area contributed by atoms with Crippen molar-refractivity contribution in [3.63, 3.8) is 0 Å². The van der Waals surface area contributed by atoms with Gasteiger partial charge in [0.1, 0.15) is 11.3 Å². The Kier molecular flexibility index (Phi) is 5.35. The number of nitrogens with one attached hydrogen (secondary N) is 1. The third kappa shape index (κ3) is 4.77. The Balaban J connectivity index is 2.73. The summed E-state index contributed by atoms with van der Waals surface area (Å²) in [7, 11) is 0. The van der Waals surface area contributed by atoms with E-state index in [2.05, 4.69) is 19.2 Å². The maximum absolute atomic E-state index is 12.0. The number of aliphatic carboxylic acids is 1. The van der Waals surface area contributed by atoms with Gasteiger partial charge in [0.15, 0.2) is 6.10 Å². The van der Waals surface area contributed by atoms with E-state index in [1.807, 2.05) is 18.2 Å². The molecular formula is C16H23NO4. The zero-order valence-electron chi connectivity index (χ0n) is 13.1. The summed E-state index contributed by atoms with van der Waals surface area (Å²) < 4.78 is 5.59. The van der Waals surface area contributed by atoms with Crippen molar-refractivity contribution < 1.29 is 19.4 Å². The van der Waals surface area contributed by atoms with Gasteiger partial charge >= 0.3 is 5.97 Å². The van der Waals surface area contributed by atoms with Crippen LogP contribution in [0.1, 0.15) is 46.1 Å². The van der Waals surface area contributed by atoms with Crippen LogP contribution in [0.5, 0.6) is 5.75 Å². The number of carboxylic acids is 1. The highest BCUT2D eigenvalue weighted by Gasteiger charge is 2.31. The first-order valence-corrected chi connectivity index (χ1v) is 6.95. The quantitative estimate of drug-likeness (QED) is 0.845. The van der Waals surface area contributed by atoms with E-state index in [0.717, 1.165) is 5.56 Å². The van der Waals surface area contributed by atoms with Gasteiger partial charge < -0.3 is 15.2 Å². The summed E-state index contributed by atoms with van der Waals surface area (Å²) in [4.78, 5) is 23.0. The van der Waals surface area contributed by atoms with Gasteiger partial charge in [-0.25, -0.2) is 4.79 Å². The second kappa shape index (κ2) is 6.61. The lowest BCUT2D eigenvalue weighted by atomic mass is 10.0. The molecule has 0 aliphatic carbocycles. The van der Waals surface area contributed by atoms with Crippen molar-refractivity contribution in [2.45, 2.75) is 52.2 Å². The fraction of sp³-hybridized carbons (Fsp3) is 0.500. The van der Waals surface area contributed by atoms with Gasteiger partial charge in [-0.1, -0.05) is 26.0 Å². The van der Waals surface area contributed by atoms with Crippen molar-refractivity contribution in [3.05, 3.63) is 29.8 Å². The highest BCUT2D eigenvalue weighted by atomic mass is 16.5. The van der Waals surface area contributed by atoms with Crippen LogP contribution in [0, 0.1) is 0 Å². The summed E-state index contributed by atoms with van der Waals surface area (Å²) in [6.45, 7) is 8.60. The molecule has 0 aliphatic heterocycles. The lowest BCUT2D eigenvalue weighted by molar-refractivity contribution is -0.147. The van der Waals surface area contributed by atoms with E-state index in [1.165, 1.54) is 13.8 Å². The Morgan fingerprint density at radius 3 is 2.38 bits per heavy atom. The molecule has 116 valence electrons. The van der Waals surface area contributed by atoms with E-state index in [1.54, 1.807) is 13.0 Å². The second-order valence-corrected chi connectivity index (χ2v) is 5.91. The lowest BCUT2D eigenvalue weighted by Crippen LogP contribution is -2.53. The molecule has 1 aromatic rings. The van der Waals surface area contributed by atoms with Crippen molar-refractivity contribution in [1.82, 2.24) is 5.32 Å². The van der Waals surface area contributed by atoms with Crippen molar-refractivity contribution in [2.24, 2.45) is 0 Å². The van der Waals surface area contributed by atoms with Gasteiger partial charge in [-0.2, -0.15) is 0 Å². The number of ether oxygens (including phenoxy) is 1. The third-order valence-electron chi connectivity index (χ3n) is 3.18. The number of carbonyl (C=O) groups is 2.